The predicted octanol–water partition coefficient (Wildman–Crippen LogP) is 3.73. The number of aliphatic imine (C=N–C) groups is 1. The molecule has 0 unspecified atom stereocenters. The van der Waals surface area contributed by atoms with Gasteiger partial charge in [0.25, 0.3) is 0 Å². The second-order valence-corrected chi connectivity index (χ2v) is 2.99. The molecular formula is C11H19N. The summed E-state index contributed by atoms with van der Waals surface area (Å²) in [5, 5.41) is 0. The Bertz CT molecular complexity index is 209. The summed E-state index contributed by atoms with van der Waals surface area (Å²) >= 11 is 0. The first-order chi connectivity index (χ1) is 5.63. The first-order valence-corrected chi connectivity index (χ1v) is 4.47. The second kappa shape index (κ2) is 5.76. The fraction of sp³-hybridized carbons (Fsp3) is 0.545. The summed E-state index contributed by atoms with van der Waals surface area (Å²) in [6.45, 7) is 12.2. The zero-order valence-corrected chi connectivity index (χ0v) is 8.65. The average molecular weight is 165 g/mol. The highest BCUT2D eigenvalue weighted by Crippen LogP contribution is 2.16. The van der Waals surface area contributed by atoms with E-state index in [-0.39, 0.29) is 0 Å². The molecule has 0 aromatic carbocycles. The van der Waals surface area contributed by atoms with Crippen LogP contribution in [-0.4, -0.2) is 6.21 Å². The molecule has 0 amide bonds. The summed E-state index contributed by atoms with van der Waals surface area (Å²) in [6.07, 6.45) is 4.11. The normalized spacial score (nSPS) is 13.3. The minimum atomic E-state index is 0.892. The van der Waals surface area contributed by atoms with Gasteiger partial charge in [0.05, 0.1) is 5.70 Å². The molecule has 0 N–H and O–H groups in total. The van der Waals surface area contributed by atoms with Crippen molar-refractivity contribution >= 4 is 6.21 Å². The number of hydrogen-bond acceptors (Lipinski definition) is 1. The molecule has 0 heterocycles. The van der Waals surface area contributed by atoms with Crippen molar-refractivity contribution in [1.82, 2.24) is 0 Å². The highest BCUT2D eigenvalue weighted by molar-refractivity contribution is 5.56. The monoisotopic (exact) mass is 165 g/mol. The van der Waals surface area contributed by atoms with E-state index in [9.17, 15) is 0 Å². The number of rotatable bonds is 4. The molecule has 0 aliphatic rings. The highest BCUT2D eigenvalue weighted by atomic mass is 14.7. The fourth-order valence-corrected chi connectivity index (χ4v) is 1.06. The molecule has 1 heteroatoms. The van der Waals surface area contributed by atoms with Crippen molar-refractivity contribution in [3.63, 3.8) is 0 Å². The van der Waals surface area contributed by atoms with Crippen LogP contribution in [0.1, 0.15) is 40.5 Å². The van der Waals surface area contributed by atoms with Crippen LogP contribution in [0, 0.1) is 0 Å². The van der Waals surface area contributed by atoms with Gasteiger partial charge in [0.1, 0.15) is 0 Å². The molecule has 12 heavy (non-hydrogen) atoms. The molecule has 0 aliphatic carbocycles. The standard InChI is InChI=1S/C11H19N/c1-6-8-9(3)10(4)11(5)12-7-2/h7H,5-6,8H2,1-4H3/b10-9+,12-7?. The average Bonchev–Trinajstić information content (AvgIpc) is 2.04. The quantitative estimate of drug-likeness (QED) is 0.444. The van der Waals surface area contributed by atoms with E-state index in [1.807, 2.05) is 6.92 Å². The molecule has 0 fully saturated rings. The lowest BCUT2D eigenvalue weighted by Gasteiger charge is -2.05. The first-order valence-electron chi connectivity index (χ1n) is 4.47. The fourth-order valence-electron chi connectivity index (χ4n) is 1.06. The lowest BCUT2D eigenvalue weighted by molar-refractivity contribution is 0.891. The van der Waals surface area contributed by atoms with Gasteiger partial charge in [0.2, 0.25) is 0 Å². The lowest BCUT2D eigenvalue weighted by Crippen LogP contribution is -1.86. The van der Waals surface area contributed by atoms with Gasteiger partial charge in [-0.15, -0.1) is 0 Å². The van der Waals surface area contributed by atoms with Crippen LogP contribution >= 0.6 is 0 Å². The summed E-state index contributed by atoms with van der Waals surface area (Å²) in [5.74, 6) is 0. The Kier molecular flexibility index (Phi) is 5.35. The molecule has 0 saturated carbocycles. The largest absolute Gasteiger partial charge is 0.262 e. The van der Waals surface area contributed by atoms with Crippen LogP contribution < -0.4 is 0 Å². The van der Waals surface area contributed by atoms with E-state index in [1.54, 1.807) is 6.21 Å². The zero-order valence-electron chi connectivity index (χ0n) is 8.65. The maximum absolute atomic E-state index is 4.15. The Balaban J connectivity index is 4.42. The maximum Gasteiger partial charge on any atom is 0.0582 e. The molecule has 0 saturated heterocycles. The maximum atomic E-state index is 4.15. The van der Waals surface area contributed by atoms with E-state index in [4.69, 9.17) is 0 Å². The molecule has 0 aromatic rings. The van der Waals surface area contributed by atoms with Gasteiger partial charge in [0.15, 0.2) is 0 Å². The van der Waals surface area contributed by atoms with Gasteiger partial charge < -0.3 is 0 Å². The van der Waals surface area contributed by atoms with E-state index in [0.29, 0.717) is 0 Å². The van der Waals surface area contributed by atoms with Crippen molar-refractivity contribution in [2.24, 2.45) is 4.99 Å². The van der Waals surface area contributed by atoms with Crippen LogP contribution in [0.3, 0.4) is 0 Å². The van der Waals surface area contributed by atoms with Crippen molar-refractivity contribution in [3.8, 4) is 0 Å². The topological polar surface area (TPSA) is 12.4 Å². The molecule has 0 radical (unpaired) electrons. The third kappa shape index (κ3) is 3.51. The first kappa shape index (κ1) is 11.2. The van der Waals surface area contributed by atoms with Gasteiger partial charge in [-0.3, -0.25) is 4.99 Å². The molecule has 0 aliphatic heterocycles. The van der Waals surface area contributed by atoms with E-state index in [2.05, 4.69) is 32.3 Å². The van der Waals surface area contributed by atoms with Gasteiger partial charge in [-0.2, -0.15) is 0 Å². The van der Waals surface area contributed by atoms with Crippen molar-refractivity contribution in [2.75, 3.05) is 0 Å². The number of allylic oxidation sites excluding steroid dienone is 2. The summed E-state index contributed by atoms with van der Waals surface area (Å²) in [6, 6.07) is 0. The minimum Gasteiger partial charge on any atom is -0.262 e. The molecule has 1 nitrogen and oxygen atoms in total. The van der Waals surface area contributed by atoms with Crippen molar-refractivity contribution in [3.05, 3.63) is 23.4 Å². The van der Waals surface area contributed by atoms with Crippen molar-refractivity contribution in [1.29, 1.82) is 0 Å². The Hall–Kier alpha value is -0.850. The van der Waals surface area contributed by atoms with Crippen LogP contribution in [0.2, 0.25) is 0 Å². The Morgan fingerprint density at radius 1 is 1.42 bits per heavy atom. The highest BCUT2D eigenvalue weighted by Gasteiger charge is 1.98. The smallest absolute Gasteiger partial charge is 0.0582 e. The Labute approximate surface area is 75.9 Å². The number of hydrogen-bond donors (Lipinski definition) is 0. The summed E-state index contributed by atoms with van der Waals surface area (Å²) in [4.78, 5) is 4.15. The molecule has 0 atom stereocenters. The van der Waals surface area contributed by atoms with Gasteiger partial charge in [-0.05, 0) is 32.8 Å². The summed E-state index contributed by atoms with van der Waals surface area (Å²) < 4.78 is 0. The molecule has 0 rings (SSSR count). The molecule has 0 bridgehead atoms. The summed E-state index contributed by atoms with van der Waals surface area (Å²) in [7, 11) is 0. The molecule has 0 spiro atoms. The van der Waals surface area contributed by atoms with Crippen molar-refractivity contribution in [2.45, 2.75) is 40.5 Å². The van der Waals surface area contributed by atoms with E-state index in [0.717, 1.165) is 12.1 Å². The minimum absolute atomic E-state index is 0.892. The zero-order chi connectivity index (χ0) is 9.56. The molecular weight excluding hydrogens is 146 g/mol. The number of nitrogens with zero attached hydrogens (tertiary/aromatic N) is 1. The molecule has 0 aromatic heterocycles. The third-order valence-electron chi connectivity index (χ3n) is 1.98. The lowest BCUT2D eigenvalue weighted by atomic mass is 10.1. The van der Waals surface area contributed by atoms with Crippen LogP contribution in [0.4, 0.5) is 0 Å². The van der Waals surface area contributed by atoms with Gasteiger partial charge in [-0.25, -0.2) is 0 Å². The summed E-state index contributed by atoms with van der Waals surface area (Å²) in [5.41, 5.74) is 3.52. The molecule has 68 valence electrons. The van der Waals surface area contributed by atoms with Crippen LogP contribution in [0.15, 0.2) is 28.4 Å². The van der Waals surface area contributed by atoms with Crippen LogP contribution in [-0.2, 0) is 0 Å². The van der Waals surface area contributed by atoms with E-state index < -0.39 is 0 Å². The van der Waals surface area contributed by atoms with E-state index in [1.165, 1.54) is 17.6 Å². The van der Waals surface area contributed by atoms with Gasteiger partial charge >= 0.3 is 0 Å². The Morgan fingerprint density at radius 3 is 2.42 bits per heavy atom. The van der Waals surface area contributed by atoms with Crippen molar-refractivity contribution < 1.29 is 0 Å². The van der Waals surface area contributed by atoms with Gasteiger partial charge in [0, 0.05) is 6.21 Å². The van der Waals surface area contributed by atoms with E-state index >= 15 is 0 Å². The predicted molar refractivity (Wildman–Crippen MR) is 56.6 cm³/mol. The Morgan fingerprint density at radius 2 is 2.00 bits per heavy atom. The second-order valence-electron chi connectivity index (χ2n) is 2.99. The third-order valence-corrected chi connectivity index (χ3v) is 1.98. The van der Waals surface area contributed by atoms with Gasteiger partial charge in [-0.1, -0.05) is 25.5 Å². The SMILES string of the molecule is C=C(N=CC)/C(C)=C(\C)CCC. The van der Waals surface area contributed by atoms with Crippen LogP contribution in [0.25, 0.3) is 0 Å². The van der Waals surface area contributed by atoms with Crippen LogP contribution in [0.5, 0.6) is 0 Å².